The maximum Gasteiger partial charge on any atom is 0.319 e. The van der Waals surface area contributed by atoms with Crippen LogP contribution in [0.15, 0.2) is 23.4 Å². The summed E-state index contributed by atoms with van der Waals surface area (Å²) in [5, 5.41) is 8.68. The molecule has 0 bridgehead atoms. The third-order valence-corrected chi connectivity index (χ3v) is 4.07. The average Bonchev–Trinajstić information content (AvgIpc) is 3.10. The molecule has 3 amide bonds. The van der Waals surface area contributed by atoms with Crippen LogP contribution in [0.5, 0.6) is 0 Å². The third kappa shape index (κ3) is 4.39. The second kappa shape index (κ2) is 8.00. The van der Waals surface area contributed by atoms with Gasteiger partial charge in [-0.3, -0.25) is 4.79 Å². The van der Waals surface area contributed by atoms with Gasteiger partial charge in [-0.15, -0.1) is 0 Å². The normalized spacial score (nSPS) is 19.5. The smallest absolute Gasteiger partial charge is 0.319 e. The fourth-order valence-electron chi connectivity index (χ4n) is 2.71. The molecule has 0 aliphatic carbocycles. The lowest BCUT2D eigenvalue weighted by Crippen LogP contribution is -2.37. The SMILES string of the molecule is NC(=O)C1=NO[C@@H](CNC(=O)Nc2ccc(N3CCOCC3)c(F)c2)C1. The molecule has 4 N–H and O–H groups in total. The summed E-state index contributed by atoms with van der Waals surface area (Å²) in [6.45, 7) is 2.51. The first-order valence-corrected chi connectivity index (χ1v) is 8.22. The van der Waals surface area contributed by atoms with Crippen molar-refractivity contribution >= 4 is 29.0 Å². The Morgan fingerprint density at radius 1 is 1.35 bits per heavy atom. The quantitative estimate of drug-likeness (QED) is 0.699. The maximum absolute atomic E-state index is 14.3. The van der Waals surface area contributed by atoms with Crippen LogP contribution in [0.25, 0.3) is 0 Å². The number of urea groups is 1. The molecule has 1 aromatic rings. The van der Waals surface area contributed by atoms with Crippen LogP contribution < -0.4 is 21.3 Å². The standard InChI is InChI=1S/C16H20FN5O4/c17-12-7-10(1-2-14(12)22-3-5-25-6-4-22)20-16(24)19-9-11-8-13(15(18)23)21-26-11/h1-2,7,11H,3-6,8-9H2,(H2,18,23)(H2,19,20,24)/t11-/m1/s1. The van der Waals surface area contributed by atoms with E-state index in [1.807, 2.05) is 4.90 Å². The zero-order valence-corrected chi connectivity index (χ0v) is 14.0. The van der Waals surface area contributed by atoms with Crippen LogP contribution in [0.4, 0.5) is 20.6 Å². The van der Waals surface area contributed by atoms with Gasteiger partial charge in [-0.1, -0.05) is 5.16 Å². The molecule has 0 radical (unpaired) electrons. The van der Waals surface area contributed by atoms with Gasteiger partial charge in [0.1, 0.15) is 11.5 Å². The van der Waals surface area contributed by atoms with Gasteiger partial charge in [-0.05, 0) is 18.2 Å². The van der Waals surface area contributed by atoms with Crippen molar-refractivity contribution < 1.29 is 23.6 Å². The number of primary amides is 1. The van der Waals surface area contributed by atoms with Crippen LogP contribution >= 0.6 is 0 Å². The van der Waals surface area contributed by atoms with Crippen molar-refractivity contribution in [3.8, 4) is 0 Å². The topological polar surface area (TPSA) is 118 Å². The molecule has 10 heteroatoms. The molecule has 3 rings (SSSR count). The summed E-state index contributed by atoms with van der Waals surface area (Å²) >= 11 is 0. The molecule has 1 fully saturated rings. The van der Waals surface area contributed by atoms with Crippen LogP contribution in [-0.4, -0.2) is 56.6 Å². The number of rotatable bonds is 5. The first-order chi connectivity index (χ1) is 12.5. The number of benzene rings is 1. The Morgan fingerprint density at radius 3 is 2.77 bits per heavy atom. The number of amides is 3. The number of ether oxygens (including phenoxy) is 1. The van der Waals surface area contributed by atoms with E-state index >= 15 is 0 Å². The largest absolute Gasteiger partial charge is 0.390 e. The maximum atomic E-state index is 14.3. The summed E-state index contributed by atoms with van der Waals surface area (Å²) in [5.41, 5.74) is 6.05. The number of hydrogen-bond donors (Lipinski definition) is 3. The molecule has 1 atom stereocenters. The number of nitrogens with two attached hydrogens (primary N) is 1. The van der Waals surface area contributed by atoms with Crippen molar-refractivity contribution in [3.63, 3.8) is 0 Å². The zero-order valence-electron chi connectivity index (χ0n) is 14.0. The molecular formula is C16H20FN5O4. The Labute approximate surface area is 149 Å². The summed E-state index contributed by atoms with van der Waals surface area (Å²) in [7, 11) is 0. The molecule has 1 saturated heterocycles. The number of morpholine rings is 1. The first-order valence-electron chi connectivity index (χ1n) is 8.22. The average molecular weight is 365 g/mol. The van der Waals surface area contributed by atoms with Crippen molar-refractivity contribution in [2.24, 2.45) is 10.9 Å². The van der Waals surface area contributed by atoms with E-state index in [4.69, 9.17) is 15.3 Å². The van der Waals surface area contributed by atoms with Crippen molar-refractivity contribution in [1.29, 1.82) is 0 Å². The molecule has 2 aliphatic rings. The van der Waals surface area contributed by atoms with E-state index in [9.17, 15) is 14.0 Å². The summed E-state index contributed by atoms with van der Waals surface area (Å²) in [4.78, 5) is 29.8. The first kappa shape index (κ1) is 17.9. The van der Waals surface area contributed by atoms with Crippen LogP contribution in [0.1, 0.15) is 6.42 Å². The molecule has 9 nitrogen and oxygen atoms in total. The van der Waals surface area contributed by atoms with Gasteiger partial charge in [0.05, 0.1) is 25.4 Å². The molecule has 0 aromatic heterocycles. The number of nitrogens with zero attached hydrogens (tertiary/aromatic N) is 2. The Balaban J connectivity index is 1.48. The van der Waals surface area contributed by atoms with Crippen LogP contribution in [-0.2, 0) is 14.4 Å². The van der Waals surface area contributed by atoms with Crippen molar-refractivity contribution in [2.75, 3.05) is 43.1 Å². The molecule has 0 saturated carbocycles. The summed E-state index contributed by atoms with van der Waals surface area (Å²) in [6.07, 6.45) is -0.220. The lowest BCUT2D eigenvalue weighted by molar-refractivity contribution is -0.112. The molecule has 0 spiro atoms. The zero-order chi connectivity index (χ0) is 18.5. The van der Waals surface area contributed by atoms with Crippen LogP contribution in [0.3, 0.4) is 0 Å². The number of anilines is 2. The predicted molar refractivity (Wildman–Crippen MR) is 92.6 cm³/mol. The number of halogens is 1. The number of carbonyl (C=O) groups excluding carboxylic acids is 2. The molecular weight excluding hydrogens is 345 g/mol. The second-order valence-corrected chi connectivity index (χ2v) is 5.93. The molecule has 2 heterocycles. The monoisotopic (exact) mass is 365 g/mol. The summed E-state index contributed by atoms with van der Waals surface area (Å²) in [5.74, 6) is -1.06. The van der Waals surface area contributed by atoms with Crippen LogP contribution in [0, 0.1) is 5.82 Å². The molecule has 2 aliphatic heterocycles. The van der Waals surface area contributed by atoms with Crippen LogP contribution in [0.2, 0.25) is 0 Å². The Hall–Kier alpha value is -2.88. The minimum atomic E-state index is -0.646. The molecule has 1 aromatic carbocycles. The minimum Gasteiger partial charge on any atom is -0.390 e. The number of hydrogen-bond acceptors (Lipinski definition) is 6. The number of carbonyl (C=O) groups is 2. The van der Waals surface area contributed by atoms with Crippen molar-refractivity contribution in [1.82, 2.24) is 5.32 Å². The van der Waals surface area contributed by atoms with E-state index in [1.54, 1.807) is 12.1 Å². The van der Waals surface area contributed by atoms with Gasteiger partial charge >= 0.3 is 6.03 Å². The summed E-state index contributed by atoms with van der Waals surface area (Å²) in [6, 6.07) is 4.02. The third-order valence-electron chi connectivity index (χ3n) is 4.07. The number of nitrogens with one attached hydrogen (secondary N) is 2. The van der Waals surface area contributed by atoms with Gasteiger partial charge in [-0.25, -0.2) is 9.18 Å². The van der Waals surface area contributed by atoms with Gasteiger partial charge in [0.2, 0.25) is 0 Å². The van der Waals surface area contributed by atoms with Crippen molar-refractivity contribution in [2.45, 2.75) is 12.5 Å². The van der Waals surface area contributed by atoms with E-state index in [2.05, 4.69) is 15.8 Å². The molecule has 0 unspecified atom stereocenters. The highest BCUT2D eigenvalue weighted by Gasteiger charge is 2.24. The Kier molecular flexibility index (Phi) is 5.52. The predicted octanol–water partition coefficient (Wildman–Crippen LogP) is 0.414. The van der Waals surface area contributed by atoms with Gasteiger partial charge < -0.3 is 30.8 Å². The number of oxime groups is 1. The van der Waals surface area contributed by atoms with E-state index in [0.717, 1.165) is 0 Å². The van der Waals surface area contributed by atoms with Gasteiger partial charge in [0.25, 0.3) is 5.91 Å². The molecule has 26 heavy (non-hydrogen) atoms. The van der Waals surface area contributed by atoms with Crippen molar-refractivity contribution in [3.05, 3.63) is 24.0 Å². The lowest BCUT2D eigenvalue weighted by atomic mass is 10.2. The lowest BCUT2D eigenvalue weighted by Gasteiger charge is -2.29. The van der Waals surface area contributed by atoms with E-state index in [0.29, 0.717) is 37.7 Å². The van der Waals surface area contributed by atoms with E-state index in [-0.39, 0.29) is 18.7 Å². The van der Waals surface area contributed by atoms with E-state index < -0.39 is 23.9 Å². The second-order valence-electron chi connectivity index (χ2n) is 5.93. The highest BCUT2D eigenvalue weighted by molar-refractivity contribution is 6.38. The highest BCUT2D eigenvalue weighted by atomic mass is 19.1. The van der Waals surface area contributed by atoms with E-state index in [1.165, 1.54) is 6.07 Å². The van der Waals surface area contributed by atoms with Gasteiger partial charge in [-0.2, -0.15) is 0 Å². The fraction of sp³-hybridized carbons (Fsp3) is 0.438. The van der Waals surface area contributed by atoms with Gasteiger partial charge in [0.15, 0.2) is 6.10 Å². The summed E-state index contributed by atoms with van der Waals surface area (Å²) < 4.78 is 19.6. The fourth-order valence-corrected chi connectivity index (χ4v) is 2.71. The Bertz CT molecular complexity index is 721. The highest BCUT2D eigenvalue weighted by Crippen LogP contribution is 2.23. The Morgan fingerprint density at radius 2 is 2.12 bits per heavy atom. The molecule has 140 valence electrons. The van der Waals surface area contributed by atoms with Gasteiger partial charge in [0, 0.05) is 25.2 Å². The minimum absolute atomic E-state index is 0.137.